The first-order chi connectivity index (χ1) is 7.63. The highest BCUT2D eigenvalue weighted by Crippen LogP contribution is 2.01. The Morgan fingerprint density at radius 2 is 2.29 bits per heavy atom. The van der Waals surface area contributed by atoms with Crippen LogP contribution >= 0.6 is 12.4 Å². The Kier molecular flexibility index (Phi) is 7.86. The van der Waals surface area contributed by atoms with Crippen LogP contribution in [0.5, 0.6) is 0 Å². The summed E-state index contributed by atoms with van der Waals surface area (Å²) >= 11 is 0. The number of rotatable bonds is 4. The molecule has 0 spiro atoms. The minimum atomic E-state index is -0.617. The van der Waals surface area contributed by atoms with Gasteiger partial charge in [-0.3, -0.25) is 4.79 Å². The second kappa shape index (κ2) is 8.27. The summed E-state index contributed by atoms with van der Waals surface area (Å²) in [7, 11) is 1.29. The lowest BCUT2D eigenvalue weighted by atomic mass is 10.2. The number of carbonyl (C=O) groups excluding carboxylic acids is 2. The van der Waals surface area contributed by atoms with Crippen molar-refractivity contribution in [2.45, 2.75) is 25.5 Å². The standard InChI is InChI=1S/C10H18N2O4.ClH/c1-7(10(14)15-2)12-9(13)5-8-6-11-3-4-16-8;/h7-8,11H,3-6H2,1-2H3,(H,12,13);1H/t7-,8?;/m0./s1. The van der Waals surface area contributed by atoms with E-state index in [4.69, 9.17) is 4.74 Å². The molecule has 2 atom stereocenters. The molecule has 6 nitrogen and oxygen atoms in total. The quantitative estimate of drug-likeness (QED) is 0.669. The average Bonchev–Trinajstić information content (AvgIpc) is 2.29. The lowest BCUT2D eigenvalue weighted by molar-refractivity contribution is -0.144. The van der Waals surface area contributed by atoms with Crippen LogP contribution in [0.15, 0.2) is 0 Å². The molecule has 1 aliphatic heterocycles. The molecule has 0 saturated carbocycles. The number of carbonyl (C=O) groups is 2. The lowest BCUT2D eigenvalue weighted by Gasteiger charge is -2.23. The van der Waals surface area contributed by atoms with Crippen LogP contribution in [0.4, 0.5) is 0 Å². The smallest absolute Gasteiger partial charge is 0.328 e. The van der Waals surface area contributed by atoms with Crippen molar-refractivity contribution in [3.05, 3.63) is 0 Å². The van der Waals surface area contributed by atoms with E-state index < -0.39 is 12.0 Å². The topological polar surface area (TPSA) is 76.7 Å². The monoisotopic (exact) mass is 266 g/mol. The summed E-state index contributed by atoms with van der Waals surface area (Å²) in [5, 5.41) is 5.69. The van der Waals surface area contributed by atoms with Crippen molar-refractivity contribution in [2.24, 2.45) is 0 Å². The SMILES string of the molecule is COC(=O)[C@H](C)NC(=O)CC1CNCCO1.Cl. The summed E-state index contributed by atoms with van der Waals surface area (Å²) in [5.74, 6) is -0.650. The molecule has 17 heavy (non-hydrogen) atoms. The fourth-order valence-electron chi connectivity index (χ4n) is 1.49. The number of esters is 1. The van der Waals surface area contributed by atoms with Crippen LogP contribution in [0.1, 0.15) is 13.3 Å². The van der Waals surface area contributed by atoms with Crippen molar-refractivity contribution in [1.82, 2.24) is 10.6 Å². The van der Waals surface area contributed by atoms with Gasteiger partial charge in [0.05, 0.1) is 26.2 Å². The Balaban J connectivity index is 0.00000256. The summed E-state index contributed by atoms with van der Waals surface area (Å²) in [4.78, 5) is 22.6. The van der Waals surface area contributed by atoms with E-state index in [2.05, 4.69) is 15.4 Å². The zero-order valence-corrected chi connectivity index (χ0v) is 10.8. The molecule has 1 saturated heterocycles. The molecule has 7 heteroatoms. The highest BCUT2D eigenvalue weighted by Gasteiger charge is 2.20. The van der Waals surface area contributed by atoms with Gasteiger partial charge in [-0.05, 0) is 6.92 Å². The second-order valence-corrected chi connectivity index (χ2v) is 3.71. The van der Waals surface area contributed by atoms with Crippen LogP contribution in [-0.4, -0.2) is 50.8 Å². The van der Waals surface area contributed by atoms with Gasteiger partial charge in [0.25, 0.3) is 0 Å². The van der Waals surface area contributed by atoms with Crippen LogP contribution in [0.25, 0.3) is 0 Å². The largest absolute Gasteiger partial charge is 0.467 e. The van der Waals surface area contributed by atoms with Gasteiger partial charge in [0.2, 0.25) is 5.91 Å². The number of morpholine rings is 1. The van der Waals surface area contributed by atoms with Crippen LogP contribution in [-0.2, 0) is 19.1 Å². The average molecular weight is 267 g/mol. The van der Waals surface area contributed by atoms with E-state index in [0.29, 0.717) is 13.2 Å². The molecular weight excluding hydrogens is 248 g/mol. The Morgan fingerprint density at radius 3 is 2.82 bits per heavy atom. The number of ether oxygens (including phenoxy) is 2. The van der Waals surface area contributed by atoms with Gasteiger partial charge in [0, 0.05) is 13.1 Å². The van der Waals surface area contributed by atoms with E-state index >= 15 is 0 Å². The van der Waals surface area contributed by atoms with E-state index in [1.165, 1.54) is 7.11 Å². The molecule has 1 rings (SSSR count). The van der Waals surface area contributed by atoms with Crippen molar-refractivity contribution < 1.29 is 19.1 Å². The number of halogens is 1. The molecule has 100 valence electrons. The maximum absolute atomic E-state index is 11.5. The molecule has 1 heterocycles. The zero-order valence-electron chi connectivity index (χ0n) is 10.0. The maximum Gasteiger partial charge on any atom is 0.328 e. The van der Waals surface area contributed by atoms with Gasteiger partial charge in [-0.15, -0.1) is 12.4 Å². The second-order valence-electron chi connectivity index (χ2n) is 3.71. The fraction of sp³-hybridized carbons (Fsp3) is 0.800. The van der Waals surface area contributed by atoms with Crippen molar-refractivity contribution in [1.29, 1.82) is 0 Å². The van der Waals surface area contributed by atoms with Gasteiger partial charge < -0.3 is 20.1 Å². The fourth-order valence-corrected chi connectivity index (χ4v) is 1.49. The summed E-state index contributed by atoms with van der Waals surface area (Å²) in [6.45, 7) is 3.69. The third-order valence-electron chi connectivity index (χ3n) is 2.35. The molecule has 0 aromatic carbocycles. The first-order valence-electron chi connectivity index (χ1n) is 5.33. The third-order valence-corrected chi connectivity index (χ3v) is 2.35. The molecule has 2 N–H and O–H groups in total. The minimum absolute atomic E-state index is 0. The molecule has 0 radical (unpaired) electrons. The number of nitrogens with one attached hydrogen (secondary N) is 2. The van der Waals surface area contributed by atoms with Crippen LogP contribution < -0.4 is 10.6 Å². The minimum Gasteiger partial charge on any atom is -0.467 e. The third kappa shape index (κ3) is 5.86. The van der Waals surface area contributed by atoms with Crippen molar-refractivity contribution in [3.8, 4) is 0 Å². The molecule has 0 aliphatic carbocycles. The number of methoxy groups -OCH3 is 1. The summed E-state index contributed by atoms with van der Waals surface area (Å²) in [6.07, 6.45) is 0.146. The van der Waals surface area contributed by atoms with E-state index in [0.717, 1.165) is 6.54 Å². The van der Waals surface area contributed by atoms with Gasteiger partial charge in [-0.2, -0.15) is 0 Å². The van der Waals surface area contributed by atoms with E-state index in [9.17, 15) is 9.59 Å². The molecule has 1 fully saturated rings. The first-order valence-corrected chi connectivity index (χ1v) is 5.33. The maximum atomic E-state index is 11.5. The Bertz CT molecular complexity index is 257. The molecule has 1 amide bonds. The van der Waals surface area contributed by atoms with Gasteiger partial charge >= 0.3 is 5.97 Å². The molecule has 0 bridgehead atoms. The number of hydrogen-bond donors (Lipinski definition) is 2. The van der Waals surface area contributed by atoms with E-state index in [1.54, 1.807) is 6.92 Å². The van der Waals surface area contributed by atoms with Crippen LogP contribution in [0.2, 0.25) is 0 Å². The van der Waals surface area contributed by atoms with E-state index in [-0.39, 0.29) is 30.8 Å². The molecule has 0 aromatic heterocycles. The highest BCUT2D eigenvalue weighted by atomic mass is 35.5. The van der Waals surface area contributed by atoms with Crippen molar-refractivity contribution >= 4 is 24.3 Å². The van der Waals surface area contributed by atoms with Gasteiger partial charge in [0.1, 0.15) is 6.04 Å². The lowest BCUT2D eigenvalue weighted by Crippen LogP contribution is -2.44. The van der Waals surface area contributed by atoms with Gasteiger partial charge in [-0.25, -0.2) is 4.79 Å². The predicted molar refractivity (Wildman–Crippen MR) is 64.1 cm³/mol. The van der Waals surface area contributed by atoms with Gasteiger partial charge in [0.15, 0.2) is 0 Å². The summed E-state index contributed by atoms with van der Waals surface area (Å²) in [5.41, 5.74) is 0. The Morgan fingerprint density at radius 1 is 1.59 bits per heavy atom. The highest BCUT2D eigenvalue weighted by molar-refractivity contribution is 5.85. The Hall–Kier alpha value is -0.850. The van der Waals surface area contributed by atoms with Crippen LogP contribution in [0, 0.1) is 0 Å². The number of amides is 1. The zero-order chi connectivity index (χ0) is 12.0. The first kappa shape index (κ1) is 16.1. The number of hydrogen-bond acceptors (Lipinski definition) is 5. The Labute approximate surface area is 107 Å². The summed E-state index contributed by atoms with van der Waals surface area (Å²) in [6, 6.07) is -0.617. The molecular formula is C10H19ClN2O4. The van der Waals surface area contributed by atoms with Crippen molar-refractivity contribution in [3.63, 3.8) is 0 Å². The van der Waals surface area contributed by atoms with Crippen LogP contribution in [0.3, 0.4) is 0 Å². The van der Waals surface area contributed by atoms with Crippen molar-refractivity contribution in [2.75, 3.05) is 26.8 Å². The molecule has 0 aromatic rings. The predicted octanol–water partition coefficient (Wildman–Crippen LogP) is -0.536. The van der Waals surface area contributed by atoms with Gasteiger partial charge in [-0.1, -0.05) is 0 Å². The summed E-state index contributed by atoms with van der Waals surface area (Å²) < 4.78 is 9.88. The molecule has 1 unspecified atom stereocenters. The molecule has 1 aliphatic rings. The van der Waals surface area contributed by atoms with E-state index in [1.807, 2.05) is 0 Å². The normalized spacial score (nSPS) is 20.9.